The average Bonchev–Trinajstić information content (AvgIpc) is 2.11. The molecule has 0 aliphatic rings. The fourth-order valence-electron chi connectivity index (χ4n) is 1.16. The smallest absolute Gasteiger partial charge is 0.326 e. The highest BCUT2D eigenvalue weighted by molar-refractivity contribution is 5.86. The van der Waals surface area contributed by atoms with Gasteiger partial charge in [-0.25, -0.2) is 4.79 Å². The van der Waals surface area contributed by atoms with E-state index in [-0.39, 0.29) is 5.92 Å². The summed E-state index contributed by atoms with van der Waals surface area (Å²) in [5.41, 5.74) is 0. The molecule has 0 fully saturated rings. The Labute approximate surface area is 89.5 Å². The first kappa shape index (κ1) is 13.9. The lowest BCUT2D eigenvalue weighted by atomic mass is 10.1. The van der Waals surface area contributed by atoms with Crippen LogP contribution in [0.5, 0.6) is 0 Å². The second-order valence-electron chi connectivity index (χ2n) is 3.95. The first-order chi connectivity index (χ1) is 6.88. The molecule has 3 N–H and O–H groups in total. The van der Waals surface area contributed by atoms with Gasteiger partial charge >= 0.3 is 5.97 Å². The van der Waals surface area contributed by atoms with Crippen LogP contribution in [0.3, 0.4) is 0 Å². The number of carboxylic acids is 1. The Kier molecular flexibility index (Phi) is 5.93. The minimum Gasteiger partial charge on any atom is -0.480 e. The molecule has 2 atom stereocenters. The number of hydrogen-bond acceptors (Lipinski definition) is 3. The third-order valence-corrected chi connectivity index (χ3v) is 2.02. The quantitative estimate of drug-likeness (QED) is 0.600. The van der Waals surface area contributed by atoms with E-state index >= 15 is 0 Å². The minimum atomic E-state index is -1.13. The maximum atomic E-state index is 11.3. The van der Waals surface area contributed by atoms with Crippen molar-refractivity contribution < 1.29 is 19.8 Å². The molecule has 1 amide bonds. The molecule has 0 aromatic heterocycles. The number of carbonyl (C=O) groups is 2. The number of nitrogens with one attached hydrogen (secondary N) is 1. The average molecular weight is 217 g/mol. The number of carbonyl (C=O) groups excluding carboxylic acids is 1. The van der Waals surface area contributed by atoms with Crippen LogP contribution >= 0.6 is 0 Å². The van der Waals surface area contributed by atoms with Gasteiger partial charge in [-0.2, -0.15) is 0 Å². The zero-order valence-electron chi connectivity index (χ0n) is 9.36. The summed E-state index contributed by atoms with van der Waals surface area (Å²) in [6.07, 6.45) is -0.490. The van der Waals surface area contributed by atoms with Gasteiger partial charge < -0.3 is 15.5 Å². The van der Waals surface area contributed by atoms with E-state index in [1.807, 2.05) is 13.8 Å². The third kappa shape index (κ3) is 5.37. The summed E-state index contributed by atoms with van der Waals surface area (Å²) in [4.78, 5) is 21.9. The van der Waals surface area contributed by atoms with Gasteiger partial charge in [-0.3, -0.25) is 4.79 Å². The van der Waals surface area contributed by atoms with Crippen LogP contribution in [0, 0.1) is 5.92 Å². The summed E-state index contributed by atoms with van der Waals surface area (Å²) in [6.45, 7) is 5.42. The standard InChI is InChI=1S/C10H19NO4/c1-4-7(10(14)15)11-9(13)8(12)5-6(2)3/h6-8,12H,4-5H2,1-3H3,(H,11,13)(H,14,15)/t7-,8+/m0/s1. The van der Waals surface area contributed by atoms with E-state index < -0.39 is 24.0 Å². The van der Waals surface area contributed by atoms with Crippen LogP contribution in [0.4, 0.5) is 0 Å². The molecule has 15 heavy (non-hydrogen) atoms. The molecule has 0 saturated heterocycles. The van der Waals surface area contributed by atoms with E-state index in [2.05, 4.69) is 5.32 Å². The highest BCUT2D eigenvalue weighted by Gasteiger charge is 2.22. The van der Waals surface area contributed by atoms with Gasteiger partial charge in [0.15, 0.2) is 0 Å². The number of aliphatic carboxylic acids is 1. The second-order valence-corrected chi connectivity index (χ2v) is 3.95. The zero-order chi connectivity index (χ0) is 12.0. The molecular formula is C10H19NO4. The Bertz CT molecular complexity index is 227. The van der Waals surface area contributed by atoms with E-state index in [0.29, 0.717) is 12.8 Å². The summed E-state index contributed by atoms with van der Waals surface area (Å²) in [7, 11) is 0. The van der Waals surface area contributed by atoms with Crippen molar-refractivity contribution in [2.24, 2.45) is 5.92 Å². The molecule has 5 heteroatoms. The maximum Gasteiger partial charge on any atom is 0.326 e. The first-order valence-electron chi connectivity index (χ1n) is 5.09. The van der Waals surface area contributed by atoms with Gasteiger partial charge in [0.05, 0.1) is 0 Å². The normalized spacial score (nSPS) is 14.7. The lowest BCUT2D eigenvalue weighted by Gasteiger charge is -2.16. The van der Waals surface area contributed by atoms with Crippen molar-refractivity contribution in [2.75, 3.05) is 0 Å². The van der Waals surface area contributed by atoms with Crippen molar-refractivity contribution in [3.05, 3.63) is 0 Å². The molecule has 0 bridgehead atoms. The van der Waals surface area contributed by atoms with Crippen molar-refractivity contribution in [1.29, 1.82) is 0 Å². The molecule has 0 aromatic carbocycles. The number of hydrogen-bond donors (Lipinski definition) is 3. The molecule has 0 aliphatic carbocycles. The molecule has 0 aromatic rings. The topological polar surface area (TPSA) is 86.6 Å². The SMILES string of the molecule is CC[C@H](NC(=O)[C@H](O)CC(C)C)C(=O)O. The molecule has 0 unspecified atom stereocenters. The van der Waals surface area contributed by atoms with Crippen molar-refractivity contribution in [2.45, 2.75) is 45.8 Å². The zero-order valence-corrected chi connectivity index (χ0v) is 9.36. The summed E-state index contributed by atoms with van der Waals surface area (Å²) in [5, 5.41) is 20.4. The van der Waals surface area contributed by atoms with E-state index in [1.54, 1.807) is 6.92 Å². The monoisotopic (exact) mass is 217 g/mol. The van der Waals surface area contributed by atoms with E-state index in [9.17, 15) is 14.7 Å². The number of aliphatic hydroxyl groups is 1. The highest BCUT2D eigenvalue weighted by Crippen LogP contribution is 2.05. The lowest BCUT2D eigenvalue weighted by molar-refractivity contribution is -0.143. The van der Waals surface area contributed by atoms with Crippen LogP contribution in [0.2, 0.25) is 0 Å². The van der Waals surface area contributed by atoms with Crippen LogP contribution in [-0.2, 0) is 9.59 Å². The number of carboxylic acid groups (broad SMARTS) is 1. The molecule has 0 radical (unpaired) electrons. The number of aliphatic hydroxyl groups excluding tert-OH is 1. The van der Waals surface area contributed by atoms with Crippen molar-refractivity contribution in [1.82, 2.24) is 5.32 Å². The van der Waals surface area contributed by atoms with Gasteiger partial charge in [0.25, 0.3) is 0 Å². The Morgan fingerprint density at radius 1 is 1.33 bits per heavy atom. The van der Waals surface area contributed by atoms with Gasteiger partial charge in [-0.05, 0) is 18.8 Å². The summed E-state index contributed by atoms with van der Waals surface area (Å²) in [5.74, 6) is -1.50. The fourth-order valence-corrected chi connectivity index (χ4v) is 1.16. The largest absolute Gasteiger partial charge is 0.480 e. The number of rotatable bonds is 6. The summed E-state index contributed by atoms with van der Waals surface area (Å²) >= 11 is 0. The minimum absolute atomic E-state index is 0.190. The van der Waals surface area contributed by atoms with Gasteiger partial charge in [-0.15, -0.1) is 0 Å². The van der Waals surface area contributed by atoms with Crippen molar-refractivity contribution in [3.8, 4) is 0 Å². The molecular weight excluding hydrogens is 198 g/mol. The Morgan fingerprint density at radius 2 is 1.87 bits per heavy atom. The Balaban J connectivity index is 4.16. The molecule has 5 nitrogen and oxygen atoms in total. The molecule has 88 valence electrons. The van der Waals surface area contributed by atoms with E-state index in [0.717, 1.165) is 0 Å². The van der Waals surface area contributed by atoms with Gasteiger partial charge in [0.1, 0.15) is 12.1 Å². The maximum absolute atomic E-state index is 11.3. The fraction of sp³-hybridized carbons (Fsp3) is 0.800. The predicted octanol–water partition coefficient (Wildman–Crippen LogP) is 0.373. The van der Waals surface area contributed by atoms with E-state index in [4.69, 9.17) is 5.11 Å². The second kappa shape index (κ2) is 6.40. The Morgan fingerprint density at radius 3 is 2.20 bits per heavy atom. The molecule has 0 heterocycles. The van der Waals surface area contributed by atoms with Gasteiger partial charge in [-0.1, -0.05) is 20.8 Å². The van der Waals surface area contributed by atoms with Crippen LogP contribution in [0.1, 0.15) is 33.6 Å². The van der Waals surface area contributed by atoms with Gasteiger partial charge in [0, 0.05) is 0 Å². The predicted molar refractivity (Wildman–Crippen MR) is 55.3 cm³/mol. The number of amides is 1. The van der Waals surface area contributed by atoms with Crippen molar-refractivity contribution >= 4 is 11.9 Å². The molecule has 0 aliphatic heterocycles. The molecule has 0 spiro atoms. The summed E-state index contributed by atoms with van der Waals surface area (Å²) in [6, 6.07) is -0.917. The first-order valence-corrected chi connectivity index (χ1v) is 5.09. The van der Waals surface area contributed by atoms with E-state index in [1.165, 1.54) is 0 Å². The van der Waals surface area contributed by atoms with Crippen LogP contribution in [0.25, 0.3) is 0 Å². The Hall–Kier alpha value is -1.10. The summed E-state index contributed by atoms with van der Waals surface area (Å²) < 4.78 is 0. The van der Waals surface area contributed by atoms with Crippen molar-refractivity contribution in [3.63, 3.8) is 0 Å². The molecule has 0 rings (SSSR count). The highest BCUT2D eigenvalue weighted by atomic mass is 16.4. The van der Waals surface area contributed by atoms with Crippen LogP contribution in [-0.4, -0.2) is 34.2 Å². The van der Waals surface area contributed by atoms with Crippen LogP contribution < -0.4 is 5.32 Å². The molecule has 0 saturated carbocycles. The lowest BCUT2D eigenvalue weighted by Crippen LogP contribution is -2.45. The third-order valence-electron chi connectivity index (χ3n) is 2.02. The van der Waals surface area contributed by atoms with Crippen LogP contribution in [0.15, 0.2) is 0 Å². The van der Waals surface area contributed by atoms with Gasteiger partial charge in [0.2, 0.25) is 5.91 Å².